The topological polar surface area (TPSA) is 134 Å². The number of nitro benzene ring substituents is 1. The molecule has 0 amide bonds. The predicted molar refractivity (Wildman–Crippen MR) is 73.2 cm³/mol. The number of nitro groups is 2. The molecule has 0 radical (unpaired) electrons. The Morgan fingerprint density at radius 3 is 2.38 bits per heavy atom. The molecule has 0 bridgehead atoms. The number of nitrogens with zero attached hydrogens (tertiary/aromatic N) is 3. The number of hydrogen-bond acceptors (Lipinski definition) is 7. The van der Waals surface area contributed by atoms with Crippen molar-refractivity contribution in [2.45, 2.75) is 6.92 Å². The molecule has 2 rings (SSSR count). The molecule has 1 aromatic heterocycles. The van der Waals surface area contributed by atoms with Gasteiger partial charge < -0.3 is 10.5 Å². The maximum Gasteiger partial charge on any atom is 0.311 e. The first-order chi connectivity index (χ1) is 9.88. The van der Waals surface area contributed by atoms with Crippen LogP contribution in [0.4, 0.5) is 17.2 Å². The predicted octanol–water partition coefficient (Wildman–Crippen LogP) is 2.58. The molecule has 0 aliphatic heterocycles. The van der Waals surface area contributed by atoms with Gasteiger partial charge in [0.2, 0.25) is 11.7 Å². The minimum absolute atomic E-state index is 0.0592. The van der Waals surface area contributed by atoms with Crippen molar-refractivity contribution in [2.24, 2.45) is 0 Å². The maximum absolute atomic E-state index is 10.6. The summed E-state index contributed by atoms with van der Waals surface area (Å²) in [4.78, 5) is 23.9. The SMILES string of the molecule is Cc1cc([N+](=O)[O-])ccc1Oc1ccc([N+](=O)[O-])c(N)n1. The summed E-state index contributed by atoms with van der Waals surface area (Å²) in [7, 11) is 0. The Balaban J connectivity index is 2.28. The third-order valence-electron chi connectivity index (χ3n) is 2.66. The maximum atomic E-state index is 10.6. The van der Waals surface area contributed by atoms with Gasteiger partial charge in [-0.2, -0.15) is 4.98 Å². The number of nitrogen functional groups attached to an aromatic ring is 1. The van der Waals surface area contributed by atoms with Crippen LogP contribution < -0.4 is 10.5 Å². The lowest BCUT2D eigenvalue weighted by Gasteiger charge is -2.08. The molecule has 0 aliphatic carbocycles. The Labute approximate surface area is 118 Å². The Hall–Kier alpha value is -3.23. The lowest BCUT2D eigenvalue weighted by molar-refractivity contribution is -0.384. The van der Waals surface area contributed by atoms with Crippen LogP contribution in [0.2, 0.25) is 0 Å². The van der Waals surface area contributed by atoms with E-state index in [1.54, 1.807) is 6.92 Å². The molecule has 0 saturated heterocycles. The van der Waals surface area contributed by atoms with Crippen molar-refractivity contribution in [1.29, 1.82) is 0 Å². The molecular weight excluding hydrogens is 280 g/mol. The van der Waals surface area contributed by atoms with E-state index in [2.05, 4.69) is 4.98 Å². The van der Waals surface area contributed by atoms with Crippen LogP contribution in [0, 0.1) is 27.2 Å². The van der Waals surface area contributed by atoms with E-state index in [0.29, 0.717) is 11.3 Å². The highest BCUT2D eigenvalue weighted by Crippen LogP contribution is 2.29. The summed E-state index contributed by atoms with van der Waals surface area (Å²) in [5.74, 6) is 0.147. The second-order valence-electron chi connectivity index (χ2n) is 4.12. The number of aryl methyl sites for hydroxylation is 1. The van der Waals surface area contributed by atoms with Crippen LogP contribution in [0.1, 0.15) is 5.56 Å². The summed E-state index contributed by atoms with van der Waals surface area (Å²) < 4.78 is 5.42. The van der Waals surface area contributed by atoms with E-state index in [4.69, 9.17) is 10.5 Å². The highest BCUT2D eigenvalue weighted by atomic mass is 16.6. The van der Waals surface area contributed by atoms with Crippen molar-refractivity contribution in [2.75, 3.05) is 5.73 Å². The van der Waals surface area contributed by atoms with E-state index in [1.807, 2.05) is 0 Å². The number of benzene rings is 1. The molecule has 1 aromatic carbocycles. The largest absolute Gasteiger partial charge is 0.439 e. The fraction of sp³-hybridized carbons (Fsp3) is 0.0833. The van der Waals surface area contributed by atoms with Crippen LogP contribution in [0.5, 0.6) is 11.6 Å². The smallest absolute Gasteiger partial charge is 0.311 e. The highest BCUT2D eigenvalue weighted by Gasteiger charge is 2.15. The summed E-state index contributed by atoms with van der Waals surface area (Å²) in [5, 5.41) is 21.3. The Morgan fingerprint density at radius 2 is 1.86 bits per heavy atom. The zero-order chi connectivity index (χ0) is 15.6. The third-order valence-corrected chi connectivity index (χ3v) is 2.66. The van der Waals surface area contributed by atoms with Gasteiger partial charge in [-0.3, -0.25) is 20.2 Å². The molecule has 1 heterocycles. The average Bonchev–Trinajstić information content (AvgIpc) is 2.40. The normalized spacial score (nSPS) is 10.1. The first-order valence-electron chi connectivity index (χ1n) is 5.72. The fourth-order valence-electron chi connectivity index (χ4n) is 1.63. The molecule has 0 spiro atoms. The summed E-state index contributed by atoms with van der Waals surface area (Å²) in [5.41, 5.74) is 5.61. The fourth-order valence-corrected chi connectivity index (χ4v) is 1.63. The lowest BCUT2D eigenvalue weighted by Crippen LogP contribution is -2.00. The third kappa shape index (κ3) is 3.03. The number of nitrogens with two attached hydrogens (primary N) is 1. The van der Waals surface area contributed by atoms with Gasteiger partial charge in [0.25, 0.3) is 5.69 Å². The van der Waals surface area contributed by atoms with Gasteiger partial charge in [-0.15, -0.1) is 0 Å². The molecule has 0 atom stereocenters. The zero-order valence-electron chi connectivity index (χ0n) is 10.8. The van der Waals surface area contributed by atoms with Crippen molar-refractivity contribution in [3.63, 3.8) is 0 Å². The molecule has 9 nitrogen and oxygen atoms in total. The van der Waals surface area contributed by atoms with E-state index in [9.17, 15) is 20.2 Å². The van der Waals surface area contributed by atoms with Gasteiger partial charge in [0.1, 0.15) is 5.75 Å². The number of hydrogen-bond donors (Lipinski definition) is 1. The first-order valence-corrected chi connectivity index (χ1v) is 5.72. The highest BCUT2D eigenvalue weighted by molar-refractivity contribution is 5.54. The summed E-state index contributed by atoms with van der Waals surface area (Å²) in [6.07, 6.45) is 0. The minimum Gasteiger partial charge on any atom is -0.439 e. The van der Waals surface area contributed by atoms with E-state index in [-0.39, 0.29) is 23.1 Å². The number of anilines is 1. The van der Waals surface area contributed by atoms with Gasteiger partial charge >= 0.3 is 5.69 Å². The molecule has 0 saturated carbocycles. The van der Waals surface area contributed by atoms with Crippen LogP contribution in [-0.4, -0.2) is 14.8 Å². The molecule has 21 heavy (non-hydrogen) atoms. The zero-order valence-corrected chi connectivity index (χ0v) is 10.8. The Bertz CT molecular complexity index is 732. The molecule has 0 aliphatic rings. The van der Waals surface area contributed by atoms with E-state index >= 15 is 0 Å². The number of non-ortho nitro benzene ring substituents is 1. The molecule has 9 heteroatoms. The number of rotatable bonds is 4. The molecule has 2 N–H and O–H groups in total. The monoisotopic (exact) mass is 290 g/mol. The molecule has 2 aromatic rings. The van der Waals surface area contributed by atoms with Gasteiger partial charge in [0.15, 0.2) is 0 Å². The summed E-state index contributed by atoms with van der Waals surface area (Å²) in [6, 6.07) is 6.54. The van der Waals surface area contributed by atoms with Gasteiger partial charge in [0.05, 0.1) is 9.85 Å². The van der Waals surface area contributed by atoms with Gasteiger partial charge in [0, 0.05) is 24.3 Å². The molecular formula is C12H10N4O5. The van der Waals surface area contributed by atoms with Crippen molar-refractivity contribution in [1.82, 2.24) is 4.98 Å². The number of ether oxygens (including phenoxy) is 1. The second-order valence-corrected chi connectivity index (χ2v) is 4.12. The number of aromatic nitrogens is 1. The molecule has 0 unspecified atom stereocenters. The van der Waals surface area contributed by atoms with Crippen LogP contribution in [0.15, 0.2) is 30.3 Å². The molecule has 108 valence electrons. The van der Waals surface area contributed by atoms with Gasteiger partial charge in [-0.05, 0) is 18.6 Å². The minimum atomic E-state index is -0.650. The Kier molecular flexibility index (Phi) is 3.65. The van der Waals surface area contributed by atoms with E-state index < -0.39 is 9.85 Å². The van der Waals surface area contributed by atoms with E-state index in [1.165, 1.54) is 30.3 Å². The molecule has 0 fully saturated rings. The van der Waals surface area contributed by atoms with Crippen LogP contribution in [-0.2, 0) is 0 Å². The number of pyridine rings is 1. The quantitative estimate of drug-likeness (QED) is 0.675. The second kappa shape index (κ2) is 5.41. The van der Waals surface area contributed by atoms with Crippen LogP contribution in [0.3, 0.4) is 0 Å². The van der Waals surface area contributed by atoms with Crippen molar-refractivity contribution < 1.29 is 14.6 Å². The van der Waals surface area contributed by atoms with Crippen LogP contribution in [0.25, 0.3) is 0 Å². The standard InChI is InChI=1S/C12H10N4O5/c1-7-6-8(15(17)18)2-4-10(7)21-11-5-3-9(16(19)20)12(13)14-11/h2-6H,1H3,(H2,13,14). The average molecular weight is 290 g/mol. The van der Waals surface area contributed by atoms with Crippen molar-refractivity contribution >= 4 is 17.2 Å². The first kappa shape index (κ1) is 14.2. The van der Waals surface area contributed by atoms with Crippen molar-refractivity contribution in [3.8, 4) is 11.6 Å². The van der Waals surface area contributed by atoms with E-state index in [0.717, 1.165) is 0 Å². The van der Waals surface area contributed by atoms with Crippen LogP contribution >= 0.6 is 0 Å². The van der Waals surface area contributed by atoms with Gasteiger partial charge in [-0.25, -0.2) is 0 Å². The van der Waals surface area contributed by atoms with Gasteiger partial charge in [-0.1, -0.05) is 0 Å². The lowest BCUT2D eigenvalue weighted by atomic mass is 10.2. The Morgan fingerprint density at radius 1 is 1.14 bits per heavy atom. The summed E-state index contributed by atoms with van der Waals surface area (Å²) in [6.45, 7) is 1.64. The van der Waals surface area contributed by atoms with Crippen molar-refractivity contribution in [3.05, 3.63) is 56.1 Å². The summed E-state index contributed by atoms with van der Waals surface area (Å²) >= 11 is 0.